The monoisotopic (exact) mass is 903 g/mol. The van der Waals surface area contributed by atoms with E-state index < -0.39 is 0 Å². The van der Waals surface area contributed by atoms with E-state index in [-0.39, 0.29) is 24.1 Å². The Labute approximate surface area is 383 Å². The second-order valence-electron chi connectivity index (χ2n) is 15.8. The maximum Gasteiger partial charge on any atom is 0.264 e. The van der Waals surface area contributed by atoms with E-state index in [0.717, 1.165) is 36.9 Å². The van der Waals surface area contributed by atoms with Crippen molar-refractivity contribution in [3.05, 3.63) is 0 Å². The summed E-state index contributed by atoms with van der Waals surface area (Å²) >= 11 is 1.70. The van der Waals surface area contributed by atoms with Crippen molar-refractivity contribution in [2.45, 2.75) is 208 Å². The number of ether oxygens (including phenoxy) is 2. The lowest BCUT2D eigenvalue weighted by Crippen LogP contribution is -2.26. The molecule has 6 aliphatic heterocycles. The molecule has 0 saturated carbocycles. The SMILES string of the molecule is CC.CC.CC.CC(C)C1=NNCCCC1.CC(C)C1=NOCCCC1.CC(C)C1COC=NO1.CC1N=C(C(C)C)NO1.CC1ON=C(C(C)C)O1.CC1ON=C(C(C)C)S1. The number of thioether (sulfide) groups is 1. The van der Waals surface area contributed by atoms with Gasteiger partial charge in [0.25, 0.3) is 6.29 Å². The molecule has 6 aliphatic rings. The molecular formula is C46H94N8O7S. The lowest BCUT2D eigenvalue weighted by molar-refractivity contribution is -0.0331. The van der Waals surface area contributed by atoms with Crippen LogP contribution in [-0.2, 0) is 33.7 Å². The number of oxime groups is 4. The van der Waals surface area contributed by atoms with Crippen LogP contribution in [0.25, 0.3) is 0 Å². The molecule has 0 amide bonds. The summed E-state index contributed by atoms with van der Waals surface area (Å²) < 4.78 is 10.1. The molecule has 62 heavy (non-hydrogen) atoms. The number of hydroxylamine groups is 1. The zero-order valence-corrected chi connectivity index (χ0v) is 44.0. The van der Waals surface area contributed by atoms with E-state index in [1.54, 1.807) is 11.8 Å². The third kappa shape index (κ3) is 32.4. The minimum absolute atomic E-state index is 0.0117. The van der Waals surface area contributed by atoms with Crippen LogP contribution < -0.4 is 10.9 Å². The Bertz CT molecular complexity index is 1190. The number of rotatable bonds is 6. The average Bonchev–Trinajstić information content (AvgIpc) is 3.90. The van der Waals surface area contributed by atoms with Gasteiger partial charge in [0, 0.05) is 36.9 Å². The molecule has 0 aromatic carbocycles. The van der Waals surface area contributed by atoms with Gasteiger partial charge in [-0.05, 0) is 75.3 Å². The van der Waals surface area contributed by atoms with E-state index in [9.17, 15) is 0 Å². The van der Waals surface area contributed by atoms with Gasteiger partial charge in [0.1, 0.15) is 24.1 Å². The molecule has 0 spiro atoms. The first-order chi connectivity index (χ1) is 29.5. The summed E-state index contributed by atoms with van der Waals surface area (Å²) in [5.74, 6) is 4.57. The van der Waals surface area contributed by atoms with Crippen molar-refractivity contribution in [3.8, 4) is 0 Å². The van der Waals surface area contributed by atoms with Gasteiger partial charge in [0.15, 0.2) is 17.8 Å². The maximum atomic E-state index is 5.15. The highest BCUT2D eigenvalue weighted by Crippen LogP contribution is 2.25. The first kappa shape index (κ1) is 63.0. The molecule has 0 aromatic rings. The Morgan fingerprint density at radius 1 is 0.661 bits per heavy atom. The molecule has 6 rings (SSSR count). The normalized spacial score (nSPS) is 21.6. The Hall–Kier alpha value is -3.27. The fourth-order valence-corrected chi connectivity index (χ4v) is 5.41. The van der Waals surface area contributed by atoms with E-state index >= 15 is 0 Å². The van der Waals surface area contributed by atoms with Gasteiger partial charge in [-0.1, -0.05) is 152 Å². The summed E-state index contributed by atoms with van der Waals surface area (Å²) in [5, 5.41) is 20.6. The number of aliphatic imine (C=N–C) groups is 1. The number of hydrogen-bond acceptors (Lipinski definition) is 16. The zero-order chi connectivity index (χ0) is 48.0. The zero-order valence-electron chi connectivity index (χ0n) is 43.2. The highest BCUT2D eigenvalue weighted by molar-refractivity contribution is 8.14. The average molecular weight is 903 g/mol. The molecule has 16 heteroatoms. The van der Waals surface area contributed by atoms with Crippen LogP contribution in [0.3, 0.4) is 0 Å². The van der Waals surface area contributed by atoms with Gasteiger partial charge < -0.3 is 34.2 Å². The molecule has 0 aromatic heterocycles. The molecule has 0 aliphatic carbocycles. The summed E-state index contributed by atoms with van der Waals surface area (Å²) in [6, 6.07) is 0. The van der Waals surface area contributed by atoms with Crippen molar-refractivity contribution in [1.82, 2.24) is 10.9 Å². The Morgan fingerprint density at radius 3 is 1.65 bits per heavy atom. The number of nitrogens with zero attached hydrogens (tertiary/aromatic N) is 6. The third-order valence-electron chi connectivity index (χ3n) is 8.29. The maximum absolute atomic E-state index is 5.15. The summed E-state index contributed by atoms with van der Waals surface area (Å²) in [6.07, 6.45) is 8.52. The van der Waals surface area contributed by atoms with Crippen LogP contribution in [0, 0.1) is 35.5 Å². The van der Waals surface area contributed by atoms with E-state index in [1.807, 2.05) is 76.2 Å². The van der Waals surface area contributed by atoms with E-state index in [1.165, 1.54) is 43.5 Å². The topological polar surface area (TPSA) is 163 Å². The molecule has 6 heterocycles. The summed E-state index contributed by atoms with van der Waals surface area (Å²) in [7, 11) is 0. The Kier molecular flexibility index (Phi) is 41.2. The second kappa shape index (κ2) is 40.5. The van der Waals surface area contributed by atoms with Crippen molar-refractivity contribution in [3.63, 3.8) is 0 Å². The minimum atomic E-state index is -0.192. The predicted molar refractivity (Wildman–Crippen MR) is 265 cm³/mol. The molecule has 0 radical (unpaired) electrons. The smallest absolute Gasteiger partial charge is 0.264 e. The van der Waals surface area contributed by atoms with Crippen LogP contribution >= 0.6 is 11.8 Å². The van der Waals surface area contributed by atoms with Crippen molar-refractivity contribution < 1.29 is 33.7 Å². The molecule has 4 unspecified atom stereocenters. The molecule has 2 N–H and O–H groups in total. The number of hydrazone groups is 1. The number of hydrogen-bond donors (Lipinski definition) is 2. The Balaban J connectivity index is -0.000000657. The summed E-state index contributed by atoms with van der Waals surface area (Å²) in [6.45, 7) is 45.5. The predicted octanol–water partition coefficient (Wildman–Crippen LogP) is 12.4. The van der Waals surface area contributed by atoms with Crippen LogP contribution in [0.5, 0.6) is 0 Å². The van der Waals surface area contributed by atoms with Crippen LogP contribution in [0.15, 0.2) is 30.7 Å². The summed E-state index contributed by atoms with van der Waals surface area (Å²) in [5.41, 5.74) is 8.60. The molecule has 15 nitrogen and oxygen atoms in total. The quantitative estimate of drug-likeness (QED) is 0.262. The lowest BCUT2D eigenvalue weighted by Gasteiger charge is -2.20. The van der Waals surface area contributed by atoms with Crippen LogP contribution in [-0.4, -0.2) is 78.4 Å². The van der Waals surface area contributed by atoms with Gasteiger partial charge in [-0.2, -0.15) is 5.10 Å². The van der Waals surface area contributed by atoms with Gasteiger partial charge in [-0.25, -0.2) is 9.83 Å². The molecule has 0 fully saturated rings. The van der Waals surface area contributed by atoms with Crippen LogP contribution in [0.2, 0.25) is 0 Å². The van der Waals surface area contributed by atoms with Gasteiger partial charge in [0.05, 0.1) is 5.71 Å². The lowest BCUT2D eigenvalue weighted by atomic mass is 10.0. The van der Waals surface area contributed by atoms with E-state index in [0.29, 0.717) is 48.0 Å². The van der Waals surface area contributed by atoms with Crippen LogP contribution in [0.4, 0.5) is 0 Å². The largest absolute Gasteiger partial charge is 0.477 e. The van der Waals surface area contributed by atoms with E-state index in [2.05, 4.69) is 111 Å². The molecule has 0 saturated heterocycles. The van der Waals surface area contributed by atoms with Crippen molar-refractivity contribution in [2.24, 2.45) is 66.2 Å². The first-order valence-corrected chi connectivity index (χ1v) is 24.5. The molecular weight excluding hydrogens is 809 g/mol. The number of amidine groups is 1. The van der Waals surface area contributed by atoms with Gasteiger partial charge in [0.2, 0.25) is 12.3 Å². The van der Waals surface area contributed by atoms with Crippen LogP contribution in [0.1, 0.15) is 184 Å². The standard InChI is InChI=1S/C8H16N2.C8H15NO.C6H12N2O.2C6H11NO2.C6H11NOS.3C2H6/c1-7(2)8-5-3-4-6-9-10-8;1-7(2)8-5-3-4-6-10-9-8;1-4(2)6-7-5(3)9-8-6;1-5(2)6-3-8-4-7-9-6;1-4(2)6-7-9-5(3)8-6;1-4(2)6-7-8-5(3)9-6;3*1-2/h7,9H,3-6H2,1-2H3;7H,3-6H2,1-2H3;4-5H,1-3H3,(H,7,8);4-6H,3H2,1-2H3;2*4-5H,1-3H3;3*1-2H3. The van der Waals surface area contributed by atoms with E-state index in [4.69, 9.17) is 33.7 Å². The van der Waals surface area contributed by atoms with Crippen molar-refractivity contribution >= 4 is 46.4 Å². The second-order valence-corrected chi connectivity index (χ2v) is 17.1. The fourth-order valence-electron chi connectivity index (χ4n) is 4.62. The highest BCUT2D eigenvalue weighted by atomic mass is 32.2. The molecule has 0 bridgehead atoms. The Morgan fingerprint density at radius 2 is 1.27 bits per heavy atom. The molecule has 366 valence electrons. The van der Waals surface area contributed by atoms with Gasteiger partial charge >= 0.3 is 0 Å². The summed E-state index contributed by atoms with van der Waals surface area (Å²) in [4.78, 5) is 29.0. The highest BCUT2D eigenvalue weighted by Gasteiger charge is 2.20. The molecule has 4 atom stereocenters. The van der Waals surface area contributed by atoms with Gasteiger partial charge in [-0.3, -0.25) is 5.48 Å². The number of nitrogens with one attached hydrogen (secondary N) is 2. The van der Waals surface area contributed by atoms with Crippen molar-refractivity contribution in [1.29, 1.82) is 0 Å². The van der Waals surface area contributed by atoms with Gasteiger partial charge in [-0.15, -0.1) is 0 Å². The third-order valence-corrected chi connectivity index (χ3v) is 9.50. The fraction of sp³-hybridized carbons (Fsp3) is 0.870. The van der Waals surface area contributed by atoms with Crippen molar-refractivity contribution in [2.75, 3.05) is 19.8 Å². The minimum Gasteiger partial charge on any atom is -0.477 e. The first-order valence-electron chi connectivity index (χ1n) is 23.6.